The van der Waals surface area contributed by atoms with Crippen LogP contribution in [-0.2, 0) is 11.0 Å². The third-order valence-corrected chi connectivity index (χ3v) is 3.87. The number of hydrogen-bond donors (Lipinski definition) is 2. The summed E-state index contributed by atoms with van der Waals surface area (Å²) in [6, 6.07) is 9.47. The maximum Gasteiger partial charge on any atom is 0.422 e. The predicted molar refractivity (Wildman–Crippen MR) is 106 cm³/mol. The maximum absolute atomic E-state index is 13.0. The molecule has 7 nitrogen and oxygen atoms in total. The number of rotatable bonds is 6. The fourth-order valence-electron chi connectivity index (χ4n) is 2.59. The Kier molecular flexibility index (Phi) is 6.70. The van der Waals surface area contributed by atoms with E-state index in [1.807, 2.05) is 0 Å². The molecular formula is C20H15F6N5O2. The van der Waals surface area contributed by atoms with Crippen molar-refractivity contribution in [3.63, 3.8) is 0 Å². The molecule has 33 heavy (non-hydrogen) atoms. The molecule has 0 saturated heterocycles. The number of aromatic nitrogens is 3. The van der Waals surface area contributed by atoms with E-state index in [1.165, 1.54) is 25.1 Å². The minimum atomic E-state index is -4.67. The van der Waals surface area contributed by atoms with Crippen LogP contribution >= 0.6 is 0 Å². The lowest BCUT2D eigenvalue weighted by Gasteiger charge is -2.13. The molecule has 3 rings (SSSR count). The molecule has 0 aliphatic heterocycles. The SMILES string of the molecule is CC(=O)Nc1cccc(-c2nc(Nc3cccc(C(F)(F)F)c3)nc(OCC(F)(F)F)n2)c1. The summed E-state index contributed by atoms with van der Waals surface area (Å²) in [7, 11) is 0. The first kappa shape index (κ1) is 23.8. The third kappa shape index (κ3) is 7.05. The second-order valence-corrected chi connectivity index (χ2v) is 6.63. The number of alkyl halides is 6. The molecule has 3 aromatic rings. The van der Waals surface area contributed by atoms with Crippen LogP contribution in [0.5, 0.6) is 6.01 Å². The van der Waals surface area contributed by atoms with E-state index in [0.717, 1.165) is 18.2 Å². The first-order chi connectivity index (χ1) is 15.4. The topological polar surface area (TPSA) is 89.0 Å². The monoisotopic (exact) mass is 471 g/mol. The summed E-state index contributed by atoms with van der Waals surface area (Å²) in [5, 5.41) is 5.05. The van der Waals surface area contributed by atoms with Gasteiger partial charge in [0.25, 0.3) is 0 Å². The average Bonchev–Trinajstić information content (AvgIpc) is 2.71. The van der Waals surface area contributed by atoms with Gasteiger partial charge in [0, 0.05) is 23.9 Å². The molecule has 0 bridgehead atoms. The molecule has 0 unspecified atom stereocenters. The highest BCUT2D eigenvalue weighted by Crippen LogP contribution is 2.31. The van der Waals surface area contributed by atoms with E-state index >= 15 is 0 Å². The summed E-state index contributed by atoms with van der Waals surface area (Å²) < 4.78 is 81.3. The smallest absolute Gasteiger partial charge is 0.422 e. The van der Waals surface area contributed by atoms with E-state index in [2.05, 4.69) is 30.3 Å². The Morgan fingerprint density at radius 2 is 1.64 bits per heavy atom. The molecule has 0 spiro atoms. The van der Waals surface area contributed by atoms with Gasteiger partial charge in [-0.25, -0.2) is 0 Å². The number of hydrogen-bond acceptors (Lipinski definition) is 6. The number of carbonyl (C=O) groups excluding carboxylic acids is 1. The van der Waals surface area contributed by atoms with E-state index in [1.54, 1.807) is 12.1 Å². The molecular weight excluding hydrogens is 456 g/mol. The van der Waals surface area contributed by atoms with Crippen molar-refractivity contribution in [2.45, 2.75) is 19.3 Å². The van der Waals surface area contributed by atoms with E-state index in [4.69, 9.17) is 0 Å². The predicted octanol–water partition coefficient (Wildman–Crippen LogP) is 5.20. The first-order valence-electron chi connectivity index (χ1n) is 9.17. The van der Waals surface area contributed by atoms with E-state index in [9.17, 15) is 31.1 Å². The van der Waals surface area contributed by atoms with Gasteiger partial charge in [-0.2, -0.15) is 41.3 Å². The zero-order valence-electron chi connectivity index (χ0n) is 16.8. The molecule has 1 aromatic heterocycles. The minimum Gasteiger partial charge on any atom is -0.454 e. The van der Waals surface area contributed by atoms with Crippen LogP contribution in [0.25, 0.3) is 11.4 Å². The van der Waals surface area contributed by atoms with Crippen molar-refractivity contribution in [3.05, 3.63) is 54.1 Å². The summed E-state index contributed by atoms with van der Waals surface area (Å²) in [6.07, 6.45) is -9.28. The fraction of sp³-hybridized carbons (Fsp3) is 0.200. The lowest BCUT2D eigenvalue weighted by atomic mass is 10.2. The number of nitrogens with one attached hydrogen (secondary N) is 2. The van der Waals surface area contributed by atoms with Crippen LogP contribution in [0.15, 0.2) is 48.5 Å². The Morgan fingerprint density at radius 1 is 0.939 bits per heavy atom. The molecule has 174 valence electrons. The number of benzene rings is 2. The van der Waals surface area contributed by atoms with Crippen molar-refractivity contribution in [1.82, 2.24) is 15.0 Å². The van der Waals surface area contributed by atoms with Gasteiger partial charge in [0.2, 0.25) is 11.9 Å². The van der Waals surface area contributed by atoms with Crippen LogP contribution in [0.4, 0.5) is 43.7 Å². The lowest BCUT2D eigenvalue weighted by Crippen LogP contribution is -2.20. The van der Waals surface area contributed by atoms with Crippen molar-refractivity contribution >= 4 is 23.2 Å². The normalized spacial score (nSPS) is 11.7. The minimum absolute atomic E-state index is 0.0595. The van der Waals surface area contributed by atoms with Crippen LogP contribution in [0.2, 0.25) is 0 Å². The Labute approximate surface area is 182 Å². The van der Waals surface area contributed by atoms with Gasteiger partial charge in [0.15, 0.2) is 12.4 Å². The van der Waals surface area contributed by atoms with Crippen LogP contribution in [0, 0.1) is 0 Å². The van der Waals surface area contributed by atoms with Gasteiger partial charge in [0.1, 0.15) is 0 Å². The van der Waals surface area contributed by atoms with Gasteiger partial charge in [-0.15, -0.1) is 0 Å². The van der Waals surface area contributed by atoms with Crippen LogP contribution in [-0.4, -0.2) is 33.6 Å². The molecule has 13 heteroatoms. The molecule has 1 amide bonds. The number of ether oxygens (including phenoxy) is 1. The van der Waals surface area contributed by atoms with Crippen molar-refractivity contribution in [2.75, 3.05) is 17.2 Å². The summed E-state index contributed by atoms with van der Waals surface area (Å²) in [4.78, 5) is 22.9. The lowest BCUT2D eigenvalue weighted by molar-refractivity contribution is -0.154. The van der Waals surface area contributed by atoms with Crippen molar-refractivity contribution < 1.29 is 35.9 Å². The molecule has 0 atom stereocenters. The summed E-state index contributed by atoms with van der Waals surface area (Å²) in [5.74, 6) is -0.839. The van der Waals surface area contributed by atoms with Crippen molar-refractivity contribution in [2.24, 2.45) is 0 Å². The van der Waals surface area contributed by atoms with Gasteiger partial charge < -0.3 is 15.4 Å². The summed E-state index contributed by atoms with van der Waals surface area (Å²) >= 11 is 0. The number of nitrogens with zero attached hydrogens (tertiary/aromatic N) is 3. The molecule has 2 N–H and O–H groups in total. The zero-order chi connectivity index (χ0) is 24.2. The summed E-state index contributed by atoms with van der Waals surface area (Å²) in [6.45, 7) is -0.402. The Bertz CT molecular complexity index is 1150. The van der Waals surface area contributed by atoms with E-state index in [0.29, 0.717) is 5.69 Å². The Balaban J connectivity index is 1.99. The number of amides is 1. The van der Waals surface area contributed by atoms with Gasteiger partial charge in [-0.05, 0) is 30.3 Å². The fourth-order valence-corrected chi connectivity index (χ4v) is 2.59. The molecule has 1 heterocycles. The highest BCUT2D eigenvalue weighted by Gasteiger charge is 2.31. The van der Waals surface area contributed by atoms with Crippen LogP contribution < -0.4 is 15.4 Å². The Hall–Kier alpha value is -3.90. The van der Waals surface area contributed by atoms with Crippen molar-refractivity contribution in [3.8, 4) is 17.4 Å². The highest BCUT2D eigenvalue weighted by molar-refractivity contribution is 5.89. The number of anilines is 3. The number of halogens is 6. The molecule has 2 aromatic carbocycles. The standard InChI is InChI=1S/C20H15F6N5O2/c1-11(32)27-14-6-2-4-12(8-14)16-29-17(31-18(30-16)33-10-19(21,22)23)28-15-7-3-5-13(9-15)20(24,25)26/h2-9H,10H2,1H3,(H,27,32)(H,28,29,30,31). The van der Waals surface area contributed by atoms with Gasteiger partial charge in [-0.1, -0.05) is 18.2 Å². The Morgan fingerprint density at radius 3 is 2.30 bits per heavy atom. The van der Waals surface area contributed by atoms with Gasteiger partial charge in [0.05, 0.1) is 5.56 Å². The third-order valence-electron chi connectivity index (χ3n) is 3.87. The number of carbonyl (C=O) groups is 1. The van der Waals surface area contributed by atoms with E-state index < -0.39 is 30.5 Å². The van der Waals surface area contributed by atoms with Crippen LogP contribution in [0.1, 0.15) is 12.5 Å². The average molecular weight is 471 g/mol. The summed E-state index contributed by atoms with van der Waals surface area (Å²) in [5.41, 5.74) is -0.354. The second kappa shape index (κ2) is 9.30. The molecule has 0 aliphatic rings. The molecule has 0 saturated carbocycles. The zero-order valence-corrected chi connectivity index (χ0v) is 16.8. The first-order valence-corrected chi connectivity index (χ1v) is 9.17. The quantitative estimate of drug-likeness (QED) is 0.481. The van der Waals surface area contributed by atoms with Gasteiger partial charge in [-0.3, -0.25) is 4.79 Å². The van der Waals surface area contributed by atoms with E-state index in [-0.39, 0.29) is 28.9 Å². The van der Waals surface area contributed by atoms with Crippen LogP contribution in [0.3, 0.4) is 0 Å². The van der Waals surface area contributed by atoms with Crippen molar-refractivity contribution in [1.29, 1.82) is 0 Å². The second-order valence-electron chi connectivity index (χ2n) is 6.63. The highest BCUT2D eigenvalue weighted by atomic mass is 19.4. The largest absolute Gasteiger partial charge is 0.454 e. The molecule has 0 aliphatic carbocycles. The molecule has 0 fully saturated rings. The molecule has 0 radical (unpaired) electrons. The van der Waals surface area contributed by atoms with Gasteiger partial charge >= 0.3 is 18.4 Å². The maximum atomic E-state index is 13.0.